The van der Waals surface area contributed by atoms with Crippen molar-refractivity contribution in [3.8, 4) is 0 Å². The van der Waals surface area contributed by atoms with Crippen LogP contribution in [0.25, 0.3) is 0 Å². The number of allylic oxidation sites excluding steroid dienone is 1. The Hall–Kier alpha value is -1.38. The van der Waals surface area contributed by atoms with E-state index in [9.17, 15) is 4.79 Å². The third kappa shape index (κ3) is 1.73. The summed E-state index contributed by atoms with van der Waals surface area (Å²) in [6, 6.07) is -0.234. The van der Waals surface area contributed by atoms with Crippen LogP contribution in [-0.4, -0.2) is 44.6 Å². The summed E-state index contributed by atoms with van der Waals surface area (Å²) in [4.78, 5) is 11.7. The van der Waals surface area contributed by atoms with E-state index in [0.29, 0.717) is 24.3 Å². The number of ether oxygens (including phenoxy) is 2. The molecule has 3 heterocycles. The van der Waals surface area contributed by atoms with E-state index in [2.05, 4.69) is 17.0 Å². The predicted molar refractivity (Wildman–Crippen MR) is 62.3 cm³/mol. The normalized spacial score (nSPS) is 30.7. The molecule has 1 aromatic heterocycles. The molecule has 2 fully saturated rings. The zero-order valence-corrected chi connectivity index (χ0v) is 10.4. The van der Waals surface area contributed by atoms with Crippen molar-refractivity contribution in [1.29, 1.82) is 0 Å². The smallest absolute Gasteiger partial charge is 0.218 e. The topological polar surface area (TPSA) is 71.2 Å². The average molecular weight is 268 g/mol. The Labute approximate surface area is 108 Å². The maximum absolute atomic E-state index is 11.7. The van der Waals surface area contributed by atoms with Gasteiger partial charge in [-0.2, -0.15) is 0 Å². The zero-order valence-electron chi connectivity index (χ0n) is 9.56. The summed E-state index contributed by atoms with van der Waals surface area (Å²) in [6.45, 7) is 4.50. The Bertz CT molecular complexity index is 552. The second kappa shape index (κ2) is 4.38. The molecule has 96 valence electrons. The molecule has 0 unspecified atom stereocenters. The second-order valence-corrected chi connectivity index (χ2v) is 4.62. The lowest BCUT2D eigenvalue weighted by atomic mass is 10.0. The largest absolute Gasteiger partial charge is 0.343 e. The van der Waals surface area contributed by atoms with E-state index in [0.717, 1.165) is 0 Å². The first kappa shape index (κ1) is 11.7. The SMILES string of the molecule is C=CCn1nnn([C@H]2CC(=O)[C@H]3OC[C@@H]2O3)c1=S. The summed E-state index contributed by atoms with van der Waals surface area (Å²) in [5, 5.41) is 7.93. The van der Waals surface area contributed by atoms with Crippen molar-refractivity contribution in [2.45, 2.75) is 31.4 Å². The lowest BCUT2D eigenvalue weighted by Crippen LogP contribution is -2.37. The summed E-state index contributed by atoms with van der Waals surface area (Å²) in [6.07, 6.45) is 1.11. The first-order chi connectivity index (χ1) is 8.70. The summed E-state index contributed by atoms with van der Waals surface area (Å²) in [5.74, 6) is -0.0751. The number of aromatic nitrogens is 4. The second-order valence-electron chi connectivity index (χ2n) is 4.25. The molecule has 0 saturated carbocycles. The first-order valence-electron chi connectivity index (χ1n) is 5.63. The Balaban J connectivity index is 1.92. The third-order valence-corrected chi connectivity index (χ3v) is 3.49. The highest BCUT2D eigenvalue weighted by molar-refractivity contribution is 7.71. The van der Waals surface area contributed by atoms with Crippen molar-refractivity contribution in [3.63, 3.8) is 0 Å². The molecule has 2 aliphatic rings. The lowest BCUT2D eigenvalue weighted by molar-refractivity contribution is -0.156. The summed E-state index contributed by atoms with van der Waals surface area (Å²) in [5.41, 5.74) is 0. The number of hydrogen-bond acceptors (Lipinski definition) is 6. The molecule has 2 saturated heterocycles. The monoisotopic (exact) mass is 268 g/mol. The molecule has 0 aromatic carbocycles. The van der Waals surface area contributed by atoms with E-state index in [4.69, 9.17) is 21.7 Å². The maximum Gasteiger partial charge on any atom is 0.218 e. The van der Waals surface area contributed by atoms with Crippen molar-refractivity contribution in [1.82, 2.24) is 19.8 Å². The average Bonchev–Trinajstić information content (AvgIpc) is 2.93. The van der Waals surface area contributed by atoms with Gasteiger partial charge in [-0.15, -0.1) is 6.58 Å². The minimum atomic E-state index is -0.705. The lowest BCUT2D eigenvalue weighted by Gasteiger charge is -2.25. The quantitative estimate of drug-likeness (QED) is 0.578. The minimum absolute atomic E-state index is 0.0751. The van der Waals surface area contributed by atoms with Gasteiger partial charge in [0, 0.05) is 6.42 Å². The summed E-state index contributed by atoms with van der Waals surface area (Å²) >= 11 is 5.27. The number of ketones is 1. The van der Waals surface area contributed by atoms with Crippen molar-refractivity contribution in [2.75, 3.05) is 6.61 Å². The van der Waals surface area contributed by atoms with Gasteiger partial charge in [0.25, 0.3) is 0 Å². The van der Waals surface area contributed by atoms with Gasteiger partial charge in [0.15, 0.2) is 5.78 Å². The van der Waals surface area contributed by atoms with Gasteiger partial charge < -0.3 is 9.47 Å². The summed E-state index contributed by atoms with van der Waals surface area (Å²) < 4.78 is 14.3. The van der Waals surface area contributed by atoms with E-state index in [1.54, 1.807) is 15.4 Å². The van der Waals surface area contributed by atoms with Crippen LogP contribution in [-0.2, 0) is 20.8 Å². The number of hydrogen-bond donors (Lipinski definition) is 0. The van der Waals surface area contributed by atoms with Crippen LogP contribution in [0.5, 0.6) is 0 Å². The molecule has 0 radical (unpaired) electrons. The predicted octanol–water partition coefficient (Wildman–Crippen LogP) is 0.250. The number of carbonyl (C=O) groups excluding carboxylic acids is 1. The van der Waals surface area contributed by atoms with Crippen LogP contribution in [0.3, 0.4) is 0 Å². The molecule has 3 rings (SSSR count). The van der Waals surface area contributed by atoms with E-state index in [1.807, 2.05) is 0 Å². The highest BCUT2D eigenvalue weighted by Crippen LogP contribution is 2.32. The standard InChI is InChI=1S/C10H12N4O3S/c1-2-3-13-10(18)14(12-11-13)6-4-7(15)9-16-5-8(6)17-9/h2,6,8-9H,1,3-5H2/t6-,8-,9-/m0/s1. The van der Waals surface area contributed by atoms with Crippen molar-refractivity contribution < 1.29 is 14.3 Å². The molecule has 2 aliphatic heterocycles. The zero-order chi connectivity index (χ0) is 12.7. The Morgan fingerprint density at radius 1 is 1.56 bits per heavy atom. The van der Waals surface area contributed by atoms with Gasteiger partial charge in [-0.1, -0.05) is 6.08 Å². The van der Waals surface area contributed by atoms with E-state index < -0.39 is 6.29 Å². The van der Waals surface area contributed by atoms with Crippen molar-refractivity contribution >= 4 is 18.0 Å². The molecule has 0 N–H and O–H groups in total. The number of Topliss-reactive ketones (excluding diaryl/α,β-unsaturated/α-hetero) is 1. The van der Waals surface area contributed by atoms with Crippen LogP contribution in [0.1, 0.15) is 12.5 Å². The van der Waals surface area contributed by atoms with Gasteiger partial charge in [0.05, 0.1) is 19.2 Å². The van der Waals surface area contributed by atoms with E-state index >= 15 is 0 Å². The van der Waals surface area contributed by atoms with Gasteiger partial charge >= 0.3 is 0 Å². The molecule has 18 heavy (non-hydrogen) atoms. The number of nitrogens with zero attached hydrogens (tertiary/aromatic N) is 4. The van der Waals surface area contributed by atoms with E-state index in [1.165, 1.54) is 0 Å². The summed E-state index contributed by atoms with van der Waals surface area (Å²) in [7, 11) is 0. The van der Waals surface area contributed by atoms with Gasteiger partial charge in [-0.3, -0.25) is 4.79 Å². The van der Waals surface area contributed by atoms with Crippen LogP contribution < -0.4 is 0 Å². The number of fused-ring (bicyclic) bond motifs is 2. The van der Waals surface area contributed by atoms with Crippen LogP contribution >= 0.6 is 12.2 Å². The fourth-order valence-electron chi connectivity index (χ4n) is 2.20. The van der Waals surface area contributed by atoms with Gasteiger partial charge in [0.1, 0.15) is 6.10 Å². The first-order valence-corrected chi connectivity index (χ1v) is 6.04. The van der Waals surface area contributed by atoms with Crippen LogP contribution in [0, 0.1) is 4.77 Å². The molecular formula is C10H12N4O3S. The third-order valence-electron chi connectivity index (χ3n) is 3.09. The molecule has 7 nitrogen and oxygen atoms in total. The highest BCUT2D eigenvalue weighted by atomic mass is 32.1. The van der Waals surface area contributed by atoms with Crippen LogP contribution in [0.2, 0.25) is 0 Å². The molecule has 0 aliphatic carbocycles. The number of tetrazole rings is 1. The van der Waals surface area contributed by atoms with Crippen LogP contribution in [0.15, 0.2) is 12.7 Å². The molecule has 8 heteroatoms. The Kier molecular flexibility index (Phi) is 2.84. The van der Waals surface area contributed by atoms with E-state index in [-0.39, 0.29) is 17.9 Å². The Morgan fingerprint density at radius 3 is 3.17 bits per heavy atom. The number of rotatable bonds is 3. The fourth-order valence-corrected chi connectivity index (χ4v) is 2.48. The molecule has 0 amide bonds. The molecular weight excluding hydrogens is 256 g/mol. The van der Waals surface area contributed by atoms with Gasteiger partial charge in [-0.25, -0.2) is 9.36 Å². The Morgan fingerprint density at radius 2 is 2.39 bits per heavy atom. The van der Waals surface area contributed by atoms with Gasteiger partial charge in [-0.05, 0) is 22.6 Å². The van der Waals surface area contributed by atoms with Crippen molar-refractivity contribution in [3.05, 3.63) is 17.4 Å². The minimum Gasteiger partial charge on any atom is -0.343 e. The van der Waals surface area contributed by atoms with Crippen LogP contribution in [0.4, 0.5) is 0 Å². The van der Waals surface area contributed by atoms with Gasteiger partial charge in [0.2, 0.25) is 11.1 Å². The molecule has 0 spiro atoms. The molecule has 2 bridgehead atoms. The molecule has 3 atom stereocenters. The highest BCUT2D eigenvalue weighted by Gasteiger charge is 2.44. The maximum atomic E-state index is 11.7. The molecule has 1 aromatic rings. The fraction of sp³-hybridized carbons (Fsp3) is 0.600. The van der Waals surface area contributed by atoms with Crippen molar-refractivity contribution in [2.24, 2.45) is 0 Å². The number of carbonyl (C=O) groups is 1.